The number of benzene rings is 1. The van der Waals surface area contributed by atoms with E-state index in [4.69, 9.17) is 9.47 Å². The molecule has 0 bridgehead atoms. The molecular weight excluding hydrogens is 362 g/mol. The first kappa shape index (κ1) is 20.0. The van der Waals surface area contributed by atoms with E-state index in [0.717, 1.165) is 25.7 Å². The molecule has 1 aliphatic heterocycles. The summed E-state index contributed by atoms with van der Waals surface area (Å²) in [6.45, 7) is 1.51. The molecule has 1 aromatic carbocycles. The molecule has 2 aliphatic rings. The molecule has 2 fully saturated rings. The molecular formula is C21H25NO6. The van der Waals surface area contributed by atoms with E-state index < -0.39 is 12.1 Å². The fraction of sp³-hybridized carbons (Fsp3) is 0.524. The molecule has 1 aromatic rings. The molecule has 150 valence electrons. The Bertz CT molecular complexity index is 748. The van der Waals surface area contributed by atoms with Gasteiger partial charge in [-0.1, -0.05) is 12.8 Å². The molecule has 1 saturated heterocycles. The van der Waals surface area contributed by atoms with Gasteiger partial charge in [-0.25, -0.2) is 0 Å². The Morgan fingerprint density at radius 3 is 2.18 bits per heavy atom. The van der Waals surface area contributed by atoms with E-state index in [1.54, 1.807) is 24.3 Å². The number of amides is 2. The van der Waals surface area contributed by atoms with Crippen LogP contribution >= 0.6 is 0 Å². The van der Waals surface area contributed by atoms with Gasteiger partial charge in [-0.05, 0) is 44.0 Å². The second-order valence-corrected chi connectivity index (χ2v) is 7.30. The van der Waals surface area contributed by atoms with Gasteiger partial charge in [0.25, 0.3) is 0 Å². The third-order valence-corrected chi connectivity index (χ3v) is 5.52. The highest BCUT2D eigenvalue weighted by atomic mass is 16.5. The summed E-state index contributed by atoms with van der Waals surface area (Å²) in [6.07, 6.45) is 2.33. The number of rotatable bonds is 7. The average Bonchev–Trinajstić information content (AvgIpc) is 2.96. The fourth-order valence-corrected chi connectivity index (χ4v) is 3.95. The van der Waals surface area contributed by atoms with Gasteiger partial charge in [0.15, 0.2) is 6.10 Å². The zero-order chi connectivity index (χ0) is 20.3. The maximum absolute atomic E-state index is 12.4. The van der Waals surface area contributed by atoms with E-state index >= 15 is 0 Å². The smallest absolute Gasteiger partial charge is 0.308 e. The highest BCUT2D eigenvalue weighted by Crippen LogP contribution is 2.37. The summed E-state index contributed by atoms with van der Waals surface area (Å²) < 4.78 is 10.3. The number of nitrogens with zero attached hydrogens (tertiary/aromatic N) is 1. The molecule has 7 nitrogen and oxygen atoms in total. The van der Waals surface area contributed by atoms with Gasteiger partial charge in [0.2, 0.25) is 17.6 Å². The molecule has 3 rings (SSSR count). The maximum Gasteiger partial charge on any atom is 0.308 e. The lowest BCUT2D eigenvalue weighted by atomic mass is 9.81. The maximum atomic E-state index is 12.4. The summed E-state index contributed by atoms with van der Waals surface area (Å²) >= 11 is 0. The number of methoxy groups -OCH3 is 1. The normalized spacial score (nSPS) is 22.6. The van der Waals surface area contributed by atoms with E-state index in [1.165, 1.54) is 18.9 Å². The third-order valence-electron chi connectivity index (χ3n) is 5.52. The fourth-order valence-electron chi connectivity index (χ4n) is 3.95. The average molecular weight is 387 g/mol. The summed E-state index contributed by atoms with van der Waals surface area (Å²) in [4.78, 5) is 50.5. The zero-order valence-electron chi connectivity index (χ0n) is 16.2. The van der Waals surface area contributed by atoms with Crippen LogP contribution in [0, 0.1) is 11.8 Å². The molecule has 0 aromatic heterocycles. The lowest BCUT2D eigenvalue weighted by Crippen LogP contribution is -2.34. The molecule has 1 heterocycles. The van der Waals surface area contributed by atoms with Gasteiger partial charge in [-0.3, -0.25) is 24.1 Å². The van der Waals surface area contributed by atoms with Crippen LogP contribution in [0.4, 0.5) is 0 Å². The Morgan fingerprint density at radius 2 is 1.64 bits per heavy atom. The Hall–Kier alpha value is -2.70. The van der Waals surface area contributed by atoms with Crippen LogP contribution < -0.4 is 4.74 Å². The van der Waals surface area contributed by atoms with Crippen LogP contribution in [0.15, 0.2) is 24.3 Å². The Balaban J connectivity index is 1.51. The number of ketones is 1. The molecule has 0 unspecified atom stereocenters. The van der Waals surface area contributed by atoms with Gasteiger partial charge in [-0.15, -0.1) is 0 Å². The minimum atomic E-state index is -0.951. The number of ether oxygens (including phenoxy) is 2. The van der Waals surface area contributed by atoms with Crippen LogP contribution in [-0.2, 0) is 19.1 Å². The van der Waals surface area contributed by atoms with Crippen molar-refractivity contribution in [2.45, 2.75) is 45.1 Å². The number of fused-ring (bicyclic) bond motifs is 1. The third kappa shape index (κ3) is 4.08. The molecule has 1 saturated carbocycles. The van der Waals surface area contributed by atoms with E-state index in [-0.39, 0.29) is 42.4 Å². The predicted molar refractivity (Wildman–Crippen MR) is 99.7 cm³/mol. The first-order valence-electron chi connectivity index (χ1n) is 9.65. The first-order valence-corrected chi connectivity index (χ1v) is 9.65. The van der Waals surface area contributed by atoms with Gasteiger partial charge in [0, 0.05) is 12.1 Å². The number of hydrogen-bond acceptors (Lipinski definition) is 6. The van der Waals surface area contributed by atoms with Crippen LogP contribution in [-0.4, -0.2) is 48.2 Å². The molecule has 2 amide bonds. The highest BCUT2D eigenvalue weighted by molar-refractivity contribution is 6.05. The number of esters is 1. The highest BCUT2D eigenvalue weighted by Gasteiger charge is 2.47. The molecule has 0 radical (unpaired) electrons. The van der Waals surface area contributed by atoms with E-state index in [1.807, 2.05) is 0 Å². The van der Waals surface area contributed by atoms with Crippen molar-refractivity contribution in [2.75, 3.05) is 13.7 Å². The van der Waals surface area contributed by atoms with Crippen molar-refractivity contribution in [2.24, 2.45) is 11.8 Å². The second kappa shape index (κ2) is 8.54. The minimum Gasteiger partial charge on any atom is -0.497 e. The van der Waals surface area contributed by atoms with Crippen molar-refractivity contribution >= 4 is 23.6 Å². The monoisotopic (exact) mass is 387 g/mol. The van der Waals surface area contributed by atoms with Crippen LogP contribution in [0.5, 0.6) is 5.75 Å². The number of carbonyl (C=O) groups is 4. The summed E-state index contributed by atoms with van der Waals surface area (Å²) in [5.74, 6) is -1.11. The minimum absolute atomic E-state index is 0.00689. The van der Waals surface area contributed by atoms with E-state index in [0.29, 0.717) is 11.3 Å². The van der Waals surface area contributed by atoms with E-state index in [9.17, 15) is 19.2 Å². The Labute approximate surface area is 164 Å². The van der Waals surface area contributed by atoms with Crippen molar-refractivity contribution < 1.29 is 28.7 Å². The van der Waals surface area contributed by atoms with Crippen LogP contribution in [0.2, 0.25) is 0 Å². The summed E-state index contributed by atoms with van der Waals surface area (Å²) in [5.41, 5.74) is 0.412. The number of likely N-dealkylation sites (tertiary alicyclic amines) is 1. The molecule has 0 N–H and O–H groups in total. The standard InChI is InChI=1S/C21H25NO6/c1-13(19(24)14-7-9-15(27-2)10-8-14)28-18(23)11-12-22-20(25)16-5-3-4-6-17(16)21(22)26/h7-10,13,16-17H,3-6,11-12H2,1-2H3/t13-,16-,17-/m0/s1. The predicted octanol–water partition coefficient (Wildman–Crippen LogP) is 2.37. The lowest BCUT2D eigenvalue weighted by molar-refractivity contribution is -0.147. The topological polar surface area (TPSA) is 90.0 Å². The molecule has 7 heteroatoms. The SMILES string of the molecule is COc1ccc(C(=O)[C@H](C)OC(=O)CCN2C(=O)[C@H]3CCCC[C@@H]3C2=O)cc1. The van der Waals surface area contributed by atoms with Crippen molar-refractivity contribution in [3.8, 4) is 5.75 Å². The van der Waals surface area contributed by atoms with Gasteiger partial charge < -0.3 is 9.47 Å². The van der Waals surface area contributed by atoms with Gasteiger partial charge >= 0.3 is 5.97 Å². The first-order chi connectivity index (χ1) is 13.4. The summed E-state index contributed by atoms with van der Waals surface area (Å²) in [6, 6.07) is 6.53. The van der Waals surface area contributed by atoms with Gasteiger partial charge in [0.1, 0.15) is 5.75 Å². The summed E-state index contributed by atoms with van der Waals surface area (Å²) in [5, 5.41) is 0. The summed E-state index contributed by atoms with van der Waals surface area (Å²) in [7, 11) is 1.53. The largest absolute Gasteiger partial charge is 0.497 e. The van der Waals surface area contributed by atoms with E-state index in [2.05, 4.69) is 0 Å². The molecule has 0 spiro atoms. The van der Waals surface area contributed by atoms with Gasteiger partial charge in [-0.2, -0.15) is 0 Å². The Kier molecular flexibility index (Phi) is 6.11. The van der Waals surface area contributed by atoms with Crippen LogP contribution in [0.3, 0.4) is 0 Å². The number of Topliss-reactive ketones (excluding diaryl/α,β-unsaturated/α-hetero) is 1. The van der Waals surface area contributed by atoms with Crippen molar-refractivity contribution in [3.63, 3.8) is 0 Å². The zero-order valence-corrected chi connectivity index (χ0v) is 16.2. The number of hydrogen-bond donors (Lipinski definition) is 0. The molecule has 28 heavy (non-hydrogen) atoms. The van der Waals surface area contributed by atoms with Gasteiger partial charge in [0.05, 0.1) is 25.4 Å². The molecule has 3 atom stereocenters. The number of imide groups is 1. The van der Waals surface area contributed by atoms with Crippen LogP contribution in [0.25, 0.3) is 0 Å². The van der Waals surface area contributed by atoms with Crippen LogP contribution in [0.1, 0.15) is 49.4 Å². The lowest BCUT2D eigenvalue weighted by Gasteiger charge is -2.19. The number of carbonyl (C=O) groups excluding carboxylic acids is 4. The van der Waals surface area contributed by atoms with Crippen molar-refractivity contribution in [1.29, 1.82) is 0 Å². The quantitative estimate of drug-likeness (QED) is 0.405. The second-order valence-electron chi connectivity index (χ2n) is 7.30. The Morgan fingerprint density at radius 1 is 1.07 bits per heavy atom. The van der Waals surface area contributed by atoms with Crippen molar-refractivity contribution in [3.05, 3.63) is 29.8 Å². The van der Waals surface area contributed by atoms with Crippen molar-refractivity contribution in [1.82, 2.24) is 4.90 Å². The molecule has 1 aliphatic carbocycles.